The number of nitrogens with one attached hydrogen (secondary N) is 1. The Morgan fingerprint density at radius 2 is 2.00 bits per heavy atom. The topological polar surface area (TPSA) is 128 Å². The van der Waals surface area contributed by atoms with Crippen molar-refractivity contribution in [3.05, 3.63) is 18.2 Å². The van der Waals surface area contributed by atoms with Crippen LogP contribution in [0.2, 0.25) is 0 Å². The van der Waals surface area contributed by atoms with Crippen molar-refractivity contribution in [3.8, 4) is 0 Å². The van der Waals surface area contributed by atoms with Crippen LogP contribution in [0.1, 0.15) is 12.8 Å². The van der Waals surface area contributed by atoms with Crippen LogP contribution >= 0.6 is 11.8 Å². The standard InChI is InChI=1S/C18H24N4O6S.Y/c1-10(23)12(20-28-3)15(24)19-13-16(25)21-14(18(26)27)11(9-29-17(13)21)8-22(2)6-4-5-7-22;/h13,17H,1,4-9H2,2-3H3,(H,19,24)(H,26,27);/p-1/b20-12-;/t13-,17-;/m1./s1. The van der Waals surface area contributed by atoms with Gasteiger partial charge in [0, 0.05) is 62.7 Å². The molecule has 10 nitrogen and oxygen atoms in total. The number of carbonyl (C=O) groups is 4. The maximum absolute atomic E-state index is 12.7. The summed E-state index contributed by atoms with van der Waals surface area (Å²) in [5, 5.41) is 17.0. The van der Waals surface area contributed by atoms with Crippen LogP contribution in [-0.2, 0) is 56.7 Å². The van der Waals surface area contributed by atoms with Gasteiger partial charge in [-0.25, -0.2) is 0 Å². The zero-order valence-corrected chi connectivity index (χ0v) is 20.5. The molecule has 0 aliphatic carbocycles. The molecule has 1 N–H and O–H groups in total. The first-order valence-electron chi connectivity index (χ1n) is 9.18. The molecule has 0 saturated carbocycles. The van der Waals surface area contributed by atoms with Crippen molar-refractivity contribution in [1.82, 2.24) is 10.2 Å². The number of ketones is 1. The summed E-state index contributed by atoms with van der Waals surface area (Å²) in [7, 11) is 3.25. The molecule has 2 fully saturated rings. The first kappa shape index (κ1) is 24.8. The molecule has 161 valence electrons. The van der Waals surface area contributed by atoms with Crippen LogP contribution in [0.25, 0.3) is 0 Å². The minimum atomic E-state index is -1.40. The fourth-order valence-corrected chi connectivity index (χ4v) is 5.37. The second-order valence-electron chi connectivity index (χ2n) is 7.58. The van der Waals surface area contributed by atoms with Crippen molar-refractivity contribution >= 4 is 41.0 Å². The predicted molar refractivity (Wildman–Crippen MR) is 102 cm³/mol. The van der Waals surface area contributed by atoms with E-state index in [1.807, 2.05) is 0 Å². The third kappa shape index (κ3) is 4.74. The number of likely N-dealkylation sites (tertiary alicyclic amines) is 1. The normalized spacial score (nSPS) is 25.1. The van der Waals surface area contributed by atoms with Gasteiger partial charge in [-0.05, 0) is 0 Å². The van der Waals surface area contributed by atoms with Crippen LogP contribution in [-0.4, -0.2) is 89.6 Å². The molecule has 2 atom stereocenters. The average Bonchev–Trinajstić information content (AvgIpc) is 3.09. The number of amides is 2. The second-order valence-corrected chi connectivity index (χ2v) is 8.68. The number of quaternary nitrogens is 1. The van der Waals surface area contributed by atoms with Crippen LogP contribution in [0.5, 0.6) is 0 Å². The van der Waals surface area contributed by atoms with E-state index < -0.39 is 40.7 Å². The van der Waals surface area contributed by atoms with Crippen LogP contribution in [0.3, 0.4) is 0 Å². The third-order valence-electron chi connectivity index (χ3n) is 5.41. The Bertz CT molecular complexity index is 823. The maximum Gasteiger partial charge on any atom is 0.253 e. The molecule has 0 bridgehead atoms. The molecule has 3 aliphatic rings. The molecule has 3 rings (SSSR count). The van der Waals surface area contributed by atoms with Crippen LogP contribution < -0.4 is 10.4 Å². The van der Waals surface area contributed by atoms with E-state index in [4.69, 9.17) is 0 Å². The summed E-state index contributed by atoms with van der Waals surface area (Å²) < 4.78 is 0.738. The van der Waals surface area contributed by atoms with Gasteiger partial charge in [-0.1, -0.05) is 0 Å². The minimum absolute atomic E-state index is 0. The van der Waals surface area contributed by atoms with Gasteiger partial charge < -0.3 is 29.3 Å². The Kier molecular flexibility index (Phi) is 8.11. The van der Waals surface area contributed by atoms with E-state index in [1.165, 1.54) is 23.8 Å². The first-order valence-corrected chi connectivity index (χ1v) is 10.2. The molecular weight excluding hydrogens is 489 g/mol. The van der Waals surface area contributed by atoms with E-state index >= 15 is 0 Å². The van der Waals surface area contributed by atoms with Gasteiger partial charge >= 0.3 is 0 Å². The number of β-lactam (4-membered cyclic amide) rings is 1. The number of carbonyl (C=O) groups excluding carboxylic acids is 4. The molecule has 12 heteroatoms. The average molecular weight is 512 g/mol. The van der Waals surface area contributed by atoms with Gasteiger partial charge in [-0.2, -0.15) is 12.1 Å². The van der Waals surface area contributed by atoms with Gasteiger partial charge in [0.2, 0.25) is 0 Å². The zero-order valence-electron chi connectivity index (χ0n) is 16.9. The Balaban J connectivity index is 0.00000320. The monoisotopic (exact) mass is 512 g/mol. The van der Waals surface area contributed by atoms with Crippen molar-refractivity contribution < 1.29 is 66.3 Å². The molecule has 0 aromatic carbocycles. The number of thioether (sulfide) groups is 1. The molecule has 2 saturated heterocycles. The van der Waals surface area contributed by atoms with Crippen molar-refractivity contribution in [2.75, 3.05) is 39.5 Å². The zero-order chi connectivity index (χ0) is 21.3. The largest absolute Gasteiger partial charge is 0.543 e. The van der Waals surface area contributed by atoms with E-state index in [2.05, 4.69) is 29.3 Å². The molecule has 3 heterocycles. The summed E-state index contributed by atoms with van der Waals surface area (Å²) in [5.74, 6) is -3.30. The fraction of sp³-hybridized carbons (Fsp3) is 0.556. The number of likely N-dealkylation sites (N-methyl/N-ethyl adjacent to an activating group) is 1. The summed E-state index contributed by atoms with van der Waals surface area (Å²) in [6, 6.07) is -0.971. The van der Waals surface area contributed by atoms with Crippen molar-refractivity contribution in [2.45, 2.75) is 24.3 Å². The van der Waals surface area contributed by atoms with E-state index in [-0.39, 0.29) is 38.4 Å². The third-order valence-corrected chi connectivity index (χ3v) is 6.75. The number of nitrogens with zero attached hydrogens (tertiary/aromatic N) is 3. The van der Waals surface area contributed by atoms with Gasteiger partial charge in [0.05, 0.1) is 37.5 Å². The molecule has 0 unspecified atom stereocenters. The quantitative estimate of drug-likeness (QED) is 0.105. The molecule has 1 radical (unpaired) electrons. The molecule has 2 amide bonds. The first-order chi connectivity index (χ1) is 13.7. The molecule has 3 aliphatic heterocycles. The van der Waals surface area contributed by atoms with Crippen LogP contribution in [0.15, 0.2) is 16.4 Å². The summed E-state index contributed by atoms with van der Waals surface area (Å²) in [6.45, 7) is 5.60. The smallest absolute Gasteiger partial charge is 0.253 e. The Morgan fingerprint density at radius 3 is 2.53 bits per heavy atom. The molecular formula is C18H23N4O6SY-. The summed E-state index contributed by atoms with van der Waals surface area (Å²) in [6.07, 6.45) is 2.18. The van der Waals surface area contributed by atoms with E-state index in [0.717, 1.165) is 30.4 Å². The summed E-state index contributed by atoms with van der Waals surface area (Å²) in [5.41, 5.74) is 0.000219. The van der Waals surface area contributed by atoms with Gasteiger partial charge in [0.1, 0.15) is 25.1 Å². The summed E-state index contributed by atoms with van der Waals surface area (Å²) >= 11 is 1.37. The van der Waals surface area contributed by atoms with Crippen molar-refractivity contribution in [3.63, 3.8) is 0 Å². The summed E-state index contributed by atoms with van der Waals surface area (Å²) in [4.78, 5) is 53.8. The second kappa shape index (κ2) is 9.80. The van der Waals surface area contributed by atoms with Gasteiger partial charge in [0.15, 0.2) is 5.91 Å². The minimum Gasteiger partial charge on any atom is -0.543 e. The SMILES string of the molecule is [CH2-]C(=O)/C(=N/OC)C(=O)N[C@@H]1C(=O)N2C(C(=O)[O-])=C(C[N+]3(C)CCCC3)CS[C@H]12.[Y]. The number of oxime groups is 1. The van der Waals surface area contributed by atoms with Gasteiger partial charge in [-0.15, -0.1) is 11.8 Å². The van der Waals surface area contributed by atoms with E-state index in [0.29, 0.717) is 17.9 Å². The number of fused-ring (bicyclic) bond motifs is 1. The number of carboxylic acid groups (broad SMARTS) is 1. The van der Waals surface area contributed by atoms with Gasteiger partial charge in [-0.3, -0.25) is 14.5 Å². The Labute approximate surface area is 203 Å². The predicted octanol–water partition coefficient (Wildman–Crippen LogP) is -1.97. The van der Waals surface area contributed by atoms with Crippen molar-refractivity contribution in [1.29, 1.82) is 0 Å². The van der Waals surface area contributed by atoms with E-state index in [9.17, 15) is 24.3 Å². The number of Topliss-reactive ketones (excluding diaryl/α,β-unsaturated/α-hetero) is 1. The van der Waals surface area contributed by atoms with Gasteiger partial charge in [0.25, 0.3) is 5.91 Å². The number of aliphatic carboxylic acids is 1. The molecule has 0 aromatic heterocycles. The number of rotatable bonds is 7. The van der Waals surface area contributed by atoms with Crippen LogP contribution in [0.4, 0.5) is 0 Å². The van der Waals surface area contributed by atoms with E-state index in [1.54, 1.807) is 0 Å². The maximum atomic E-state index is 12.7. The molecule has 0 spiro atoms. The number of hydrogen-bond acceptors (Lipinski definition) is 8. The Morgan fingerprint density at radius 1 is 1.37 bits per heavy atom. The molecule has 0 aromatic rings. The Hall–Kier alpha value is -1.43. The van der Waals surface area contributed by atoms with Crippen LogP contribution in [0, 0.1) is 6.92 Å². The number of carboxylic acids is 1. The molecule has 30 heavy (non-hydrogen) atoms. The van der Waals surface area contributed by atoms with Crippen molar-refractivity contribution in [2.24, 2.45) is 5.16 Å². The fourth-order valence-electron chi connectivity index (χ4n) is 4.03. The number of hydrogen-bond donors (Lipinski definition) is 1.